The molecule has 3 aromatic rings. The number of fused-ring (bicyclic) bond motifs is 6. The summed E-state index contributed by atoms with van der Waals surface area (Å²) >= 11 is 0. The van der Waals surface area contributed by atoms with Gasteiger partial charge in [0.05, 0.1) is 0 Å². The lowest BCUT2D eigenvalue weighted by Crippen LogP contribution is -2.04. The fourth-order valence-corrected chi connectivity index (χ4v) is 5.00. The van der Waals surface area contributed by atoms with E-state index in [0.717, 1.165) is 6.42 Å². The Labute approximate surface area is 142 Å². The Morgan fingerprint density at radius 2 is 1.62 bits per heavy atom. The SMILES string of the molecule is C1=C2C(=C3Cc4c(ccc5ccccc45)-c4cccc2c43)CCC1. The van der Waals surface area contributed by atoms with E-state index in [0.29, 0.717) is 0 Å². The van der Waals surface area contributed by atoms with Gasteiger partial charge in [-0.25, -0.2) is 0 Å². The van der Waals surface area contributed by atoms with Crippen molar-refractivity contribution in [1.82, 2.24) is 0 Å². The Bertz CT molecular complexity index is 1090. The van der Waals surface area contributed by atoms with E-state index < -0.39 is 0 Å². The molecular weight excluding hydrogens is 288 g/mol. The molecule has 0 aliphatic heterocycles. The van der Waals surface area contributed by atoms with E-state index in [-0.39, 0.29) is 0 Å². The minimum atomic E-state index is 1.09. The van der Waals surface area contributed by atoms with Crippen molar-refractivity contribution in [2.75, 3.05) is 0 Å². The highest BCUT2D eigenvalue weighted by Crippen LogP contribution is 2.54. The second-order valence-corrected chi connectivity index (χ2v) is 7.18. The number of hydrogen-bond acceptors (Lipinski definition) is 0. The van der Waals surface area contributed by atoms with Crippen molar-refractivity contribution in [2.24, 2.45) is 0 Å². The minimum Gasteiger partial charge on any atom is -0.0763 e. The van der Waals surface area contributed by atoms with Crippen LogP contribution in [0, 0.1) is 0 Å². The Morgan fingerprint density at radius 3 is 2.62 bits per heavy atom. The Morgan fingerprint density at radius 1 is 0.708 bits per heavy atom. The normalized spacial score (nSPS) is 17.4. The molecule has 0 aromatic heterocycles. The van der Waals surface area contributed by atoms with Gasteiger partial charge in [0.15, 0.2) is 0 Å². The van der Waals surface area contributed by atoms with Crippen LogP contribution in [-0.4, -0.2) is 0 Å². The molecule has 0 radical (unpaired) electrons. The van der Waals surface area contributed by atoms with Gasteiger partial charge in [-0.1, -0.05) is 60.7 Å². The van der Waals surface area contributed by atoms with Crippen LogP contribution in [0.2, 0.25) is 0 Å². The molecule has 0 saturated heterocycles. The van der Waals surface area contributed by atoms with Gasteiger partial charge >= 0.3 is 0 Å². The van der Waals surface area contributed by atoms with Gasteiger partial charge < -0.3 is 0 Å². The fraction of sp³-hybridized carbons (Fsp3) is 0.167. The van der Waals surface area contributed by atoms with Gasteiger partial charge in [0.25, 0.3) is 0 Å². The Kier molecular flexibility index (Phi) is 2.38. The first kappa shape index (κ1) is 12.8. The zero-order valence-corrected chi connectivity index (χ0v) is 13.6. The summed E-state index contributed by atoms with van der Waals surface area (Å²) in [7, 11) is 0. The second-order valence-electron chi connectivity index (χ2n) is 7.18. The van der Waals surface area contributed by atoms with Crippen LogP contribution >= 0.6 is 0 Å². The first-order valence-electron chi connectivity index (χ1n) is 8.99. The first-order chi connectivity index (χ1) is 11.9. The van der Waals surface area contributed by atoms with Crippen molar-refractivity contribution >= 4 is 21.9 Å². The molecule has 6 rings (SSSR count). The van der Waals surface area contributed by atoms with E-state index in [1.165, 1.54) is 63.4 Å². The van der Waals surface area contributed by atoms with Crippen molar-refractivity contribution in [1.29, 1.82) is 0 Å². The van der Waals surface area contributed by atoms with Crippen LogP contribution in [0.4, 0.5) is 0 Å². The first-order valence-corrected chi connectivity index (χ1v) is 8.99. The molecule has 3 aliphatic carbocycles. The van der Waals surface area contributed by atoms with Gasteiger partial charge in [-0.3, -0.25) is 0 Å². The van der Waals surface area contributed by atoms with E-state index >= 15 is 0 Å². The van der Waals surface area contributed by atoms with E-state index in [1.54, 1.807) is 11.1 Å². The molecule has 0 unspecified atom stereocenters. The van der Waals surface area contributed by atoms with Crippen molar-refractivity contribution in [3.8, 4) is 11.1 Å². The number of benzene rings is 3. The largest absolute Gasteiger partial charge is 0.0763 e. The maximum atomic E-state index is 2.47. The van der Waals surface area contributed by atoms with Gasteiger partial charge in [-0.15, -0.1) is 0 Å². The maximum absolute atomic E-state index is 2.47. The van der Waals surface area contributed by atoms with Crippen LogP contribution in [0.25, 0.3) is 33.0 Å². The summed E-state index contributed by atoms with van der Waals surface area (Å²) in [6.45, 7) is 0. The molecule has 0 nitrogen and oxygen atoms in total. The highest BCUT2D eigenvalue weighted by Gasteiger charge is 2.33. The third-order valence-corrected chi connectivity index (χ3v) is 6.01. The van der Waals surface area contributed by atoms with Crippen molar-refractivity contribution in [3.63, 3.8) is 0 Å². The highest BCUT2D eigenvalue weighted by molar-refractivity contribution is 6.09. The molecule has 24 heavy (non-hydrogen) atoms. The zero-order valence-electron chi connectivity index (χ0n) is 13.6. The van der Waals surface area contributed by atoms with Gasteiger partial charge in [0.1, 0.15) is 0 Å². The van der Waals surface area contributed by atoms with Crippen LogP contribution in [0.15, 0.2) is 66.2 Å². The van der Waals surface area contributed by atoms with E-state index in [4.69, 9.17) is 0 Å². The molecule has 3 aliphatic rings. The molecule has 3 aromatic carbocycles. The molecule has 0 heteroatoms. The van der Waals surface area contributed by atoms with Crippen molar-refractivity contribution < 1.29 is 0 Å². The lowest BCUT2D eigenvalue weighted by atomic mass is 9.80. The quantitative estimate of drug-likeness (QED) is 0.451. The van der Waals surface area contributed by atoms with Gasteiger partial charge in [0.2, 0.25) is 0 Å². The lowest BCUT2D eigenvalue weighted by molar-refractivity contribution is 0.831. The fourth-order valence-electron chi connectivity index (χ4n) is 5.00. The highest BCUT2D eigenvalue weighted by atomic mass is 14.4. The van der Waals surface area contributed by atoms with Crippen LogP contribution in [0.5, 0.6) is 0 Å². The van der Waals surface area contributed by atoms with Crippen LogP contribution in [0.1, 0.15) is 36.0 Å². The number of hydrogen-bond donors (Lipinski definition) is 0. The summed E-state index contributed by atoms with van der Waals surface area (Å²) in [5.41, 5.74) is 12.2. The summed E-state index contributed by atoms with van der Waals surface area (Å²) in [6, 6.07) is 20.4. The monoisotopic (exact) mass is 306 g/mol. The standard InChI is InChI=1S/C24H18/c1-2-7-16-15(6-1)12-13-19-21-11-5-10-20-17-8-3-4-9-18(17)23(24(20)21)14-22(16)19/h1-2,5-8,10-13H,3-4,9,14H2. The molecular formula is C24H18. The predicted molar refractivity (Wildman–Crippen MR) is 102 cm³/mol. The summed E-state index contributed by atoms with van der Waals surface area (Å²) in [4.78, 5) is 0. The summed E-state index contributed by atoms with van der Waals surface area (Å²) < 4.78 is 0. The van der Waals surface area contributed by atoms with E-state index in [1.807, 2.05) is 0 Å². The third kappa shape index (κ3) is 1.49. The topological polar surface area (TPSA) is 0 Å². The molecule has 0 fully saturated rings. The number of allylic oxidation sites excluding steroid dienone is 4. The van der Waals surface area contributed by atoms with Gasteiger partial charge in [-0.05, 0) is 81.0 Å². The summed E-state index contributed by atoms with van der Waals surface area (Å²) in [6.07, 6.45) is 7.34. The van der Waals surface area contributed by atoms with E-state index in [9.17, 15) is 0 Å². The van der Waals surface area contributed by atoms with Crippen molar-refractivity contribution in [2.45, 2.75) is 25.7 Å². The second kappa shape index (κ2) is 4.48. The van der Waals surface area contributed by atoms with E-state index in [2.05, 4.69) is 60.7 Å². The van der Waals surface area contributed by atoms with Gasteiger partial charge in [-0.2, -0.15) is 0 Å². The third-order valence-electron chi connectivity index (χ3n) is 6.01. The summed E-state index contributed by atoms with van der Waals surface area (Å²) in [5.74, 6) is 0. The number of rotatable bonds is 0. The molecule has 0 heterocycles. The van der Waals surface area contributed by atoms with Crippen LogP contribution < -0.4 is 0 Å². The minimum absolute atomic E-state index is 1.09. The van der Waals surface area contributed by atoms with Gasteiger partial charge in [0, 0.05) is 0 Å². The lowest BCUT2D eigenvalue weighted by Gasteiger charge is -2.24. The van der Waals surface area contributed by atoms with Crippen molar-refractivity contribution in [3.05, 3.63) is 82.9 Å². The molecule has 0 bridgehead atoms. The molecule has 114 valence electrons. The predicted octanol–water partition coefficient (Wildman–Crippen LogP) is 6.40. The Balaban J connectivity index is 1.76. The summed E-state index contributed by atoms with van der Waals surface area (Å²) in [5, 5.41) is 2.78. The maximum Gasteiger partial charge on any atom is -0.000410 e. The smallest absolute Gasteiger partial charge is 0.000410 e. The average Bonchev–Trinajstić information content (AvgIpc) is 2.98. The zero-order chi connectivity index (χ0) is 15.7. The molecule has 0 amide bonds. The molecule has 0 N–H and O–H groups in total. The van der Waals surface area contributed by atoms with Crippen LogP contribution in [0.3, 0.4) is 0 Å². The Hall–Kier alpha value is -2.60. The molecule has 0 saturated carbocycles. The molecule has 0 spiro atoms. The molecule has 0 atom stereocenters. The average molecular weight is 306 g/mol. The van der Waals surface area contributed by atoms with Crippen LogP contribution in [-0.2, 0) is 6.42 Å².